The van der Waals surface area contributed by atoms with Crippen molar-refractivity contribution in [2.24, 2.45) is 0 Å². The molecule has 22 heteroatoms. The van der Waals surface area contributed by atoms with Crippen molar-refractivity contribution in [3.8, 4) is 40.6 Å². The molecule has 0 bridgehead atoms. The number of esters is 6. The fourth-order valence-corrected chi connectivity index (χ4v) is 8.49. The van der Waals surface area contributed by atoms with Gasteiger partial charge in [-0.1, -0.05) is 36.7 Å². The number of nitriles is 1. The first-order valence-corrected chi connectivity index (χ1v) is 24.0. The van der Waals surface area contributed by atoms with Crippen LogP contribution in [0.2, 0.25) is 0 Å². The van der Waals surface area contributed by atoms with Gasteiger partial charge in [-0.25, -0.2) is 48.5 Å². The molecule has 386 valence electrons. The summed E-state index contributed by atoms with van der Waals surface area (Å²) in [6, 6.07) is 26.5. The van der Waals surface area contributed by atoms with Gasteiger partial charge in [-0.3, -0.25) is 0 Å². The molecule has 0 atom stereocenters. The van der Waals surface area contributed by atoms with E-state index in [2.05, 4.69) is 18.0 Å². The number of benzene rings is 5. The van der Waals surface area contributed by atoms with Crippen molar-refractivity contribution in [1.29, 1.82) is 5.26 Å². The largest absolute Gasteiger partial charge is 0.513 e. The standard InChI is InChI=1S/C54H40N2O18S2/c1-4-44(57)65-28-6-8-30-67-53(63)71-39-22-14-33(15-23-39)48(59)69-37-18-10-35(11-19-37)50(61)73-42-26-27-43(47-46(42)75-52(76-47)41(32-55)56-3)74-51(62)36-12-20-38(21-13-36)70-49(60)34-16-24-40(25-17-34)72-54(64)68-31-9-7-29-66-45(58)5-2/h4-5,10-27H,1-2,6-9,28-31H2. The second-order valence-corrected chi connectivity index (χ2v) is 17.3. The van der Waals surface area contributed by atoms with Gasteiger partial charge in [0, 0.05) is 12.2 Å². The van der Waals surface area contributed by atoms with E-state index in [0.29, 0.717) is 25.7 Å². The molecule has 1 aliphatic rings. The molecular weight excluding hydrogens is 1030 g/mol. The molecule has 0 fully saturated rings. The fourth-order valence-electron chi connectivity index (χ4n) is 6.02. The van der Waals surface area contributed by atoms with Crippen LogP contribution in [0.15, 0.2) is 154 Å². The zero-order valence-electron chi connectivity index (χ0n) is 39.7. The maximum absolute atomic E-state index is 13.4. The molecular formula is C54H40N2O18S2. The average molecular weight is 1070 g/mol. The molecule has 0 saturated heterocycles. The van der Waals surface area contributed by atoms with Gasteiger partial charge in [0.25, 0.3) is 5.70 Å². The van der Waals surface area contributed by atoms with Crippen LogP contribution in [-0.4, -0.2) is 74.6 Å². The molecule has 0 N–H and O–H groups in total. The predicted molar refractivity (Wildman–Crippen MR) is 268 cm³/mol. The van der Waals surface area contributed by atoms with Crippen molar-refractivity contribution in [2.75, 3.05) is 26.4 Å². The first-order valence-electron chi connectivity index (χ1n) is 22.4. The molecule has 0 saturated carbocycles. The van der Waals surface area contributed by atoms with E-state index >= 15 is 0 Å². The molecule has 1 aliphatic heterocycles. The van der Waals surface area contributed by atoms with E-state index in [1.807, 2.05) is 6.07 Å². The maximum atomic E-state index is 13.4. The van der Waals surface area contributed by atoms with Gasteiger partial charge in [-0.15, -0.1) is 0 Å². The molecule has 0 spiro atoms. The lowest BCUT2D eigenvalue weighted by Gasteiger charge is -2.12. The number of unbranched alkanes of at least 4 members (excludes halogenated alkanes) is 2. The van der Waals surface area contributed by atoms with Gasteiger partial charge in [0.1, 0.15) is 34.5 Å². The number of allylic oxidation sites excluding steroid dienone is 1. The molecule has 5 aromatic rings. The van der Waals surface area contributed by atoms with Crippen molar-refractivity contribution in [3.05, 3.63) is 178 Å². The summed E-state index contributed by atoms with van der Waals surface area (Å²) in [6.45, 7) is 14.4. The molecule has 0 amide bonds. The quantitative estimate of drug-likeness (QED) is 0.00912. The molecule has 0 radical (unpaired) electrons. The van der Waals surface area contributed by atoms with Gasteiger partial charge >= 0.3 is 48.1 Å². The van der Waals surface area contributed by atoms with E-state index in [1.54, 1.807) is 0 Å². The van der Waals surface area contributed by atoms with Crippen LogP contribution >= 0.6 is 23.5 Å². The molecule has 20 nitrogen and oxygen atoms in total. The Morgan fingerprint density at radius 3 is 1.07 bits per heavy atom. The lowest BCUT2D eigenvalue weighted by Crippen LogP contribution is -2.13. The van der Waals surface area contributed by atoms with E-state index in [-0.39, 0.29) is 103 Å². The Kier molecular flexibility index (Phi) is 20.5. The Morgan fingerprint density at radius 2 is 0.763 bits per heavy atom. The van der Waals surface area contributed by atoms with Crippen molar-refractivity contribution in [2.45, 2.75) is 35.5 Å². The summed E-state index contributed by atoms with van der Waals surface area (Å²) >= 11 is 1.94. The summed E-state index contributed by atoms with van der Waals surface area (Å²) < 4.78 is 52.5. The number of thioether (sulfide) groups is 2. The van der Waals surface area contributed by atoms with Gasteiger partial charge in [0.15, 0.2) is 0 Å². The summed E-state index contributed by atoms with van der Waals surface area (Å²) in [5.74, 6) is -3.79. The Labute approximate surface area is 441 Å². The first-order chi connectivity index (χ1) is 36.8. The van der Waals surface area contributed by atoms with Crippen molar-refractivity contribution >= 4 is 71.7 Å². The Bertz CT molecular complexity index is 2930. The summed E-state index contributed by atoms with van der Waals surface area (Å²) in [5, 5.41) is 9.63. The number of carbonyl (C=O) groups is 8. The zero-order valence-corrected chi connectivity index (χ0v) is 41.3. The highest BCUT2D eigenvalue weighted by Crippen LogP contribution is 2.59. The molecule has 5 aromatic carbocycles. The van der Waals surface area contributed by atoms with Gasteiger partial charge in [0.05, 0.1) is 75.4 Å². The third-order valence-corrected chi connectivity index (χ3v) is 12.4. The lowest BCUT2D eigenvalue weighted by molar-refractivity contribution is -0.138. The minimum Gasteiger partial charge on any atom is -0.463 e. The average Bonchev–Trinajstić information content (AvgIpc) is 3.89. The number of rotatable bonds is 22. The molecule has 1 heterocycles. The van der Waals surface area contributed by atoms with E-state index in [4.69, 9.17) is 53.9 Å². The van der Waals surface area contributed by atoms with Crippen molar-refractivity contribution < 1.29 is 85.7 Å². The van der Waals surface area contributed by atoms with Crippen LogP contribution in [0.1, 0.15) is 67.1 Å². The van der Waals surface area contributed by atoms with Crippen LogP contribution in [0, 0.1) is 17.9 Å². The monoisotopic (exact) mass is 1070 g/mol. The third kappa shape index (κ3) is 16.4. The van der Waals surface area contributed by atoms with E-state index in [1.165, 1.54) is 109 Å². The summed E-state index contributed by atoms with van der Waals surface area (Å²) in [6.07, 6.45) is 1.94. The van der Waals surface area contributed by atoms with E-state index in [9.17, 15) is 43.6 Å². The summed E-state index contributed by atoms with van der Waals surface area (Å²) in [5.41, 5.74) is 0.119. The van der Waals surface area contributed by atoms with Crippen LogP contribution in [0.25, 0.3) is 4.85 Å². The fraction of sp³-hybridized carbons (Fsp3) is 0.148. The van der Waals surface area contributed by atoms with Crippen LogP contribution in [0.4, 0.5) is 9.59 Å². The minimum absolute atomic E-state index is 0.0271. The first kappa shape index (κ1) is 55.7. The van der Waals surface area contributed by atoms with Gasteiger partial charge in [0.2, 0.25) is 0 Å². The molecule has 76 heavy (non-hydrogen) atoms. The van der Waals surface area contributed by atoms with Gasteiger partial charge < -0.3 is 47.4 Å². The highest BCUT2D eigenvalue weighted by Gasteiger charge is 2.31. The van der Waals surface area contributed by atoms with Crippen molar-refractivity contribution in [3.63, 3.8) is 0 Å². The normalized spacial score (nSPS) is 10.9. The smallest absolute Gasteiger partial charge is 0.463 e. The molecule has 6 rings (SSSR count). The second-order valence-electron chi connectivity index (χ2n) is 15.0. The number of hydrogen-bond acceptors (Lipinski definition) is 21. The number of nitrogens with zero attached hydrogens (tertiary/aromatic N) is 2. The van der Waals surface area contributed by atoms with Crippen LogP contribution in [0.3, 0.4) is 0 Å². The topological polar surface area (TPSA) is 257 Å². The zero-order chi connectivity index (χ0) is 54.4. The number of hydrogen-bond donors (Lipinski definition) is 0. The lowest BCUT2D eigenvalue weighted by atomic mass is 10.2. The van der Waals surface area contributed by atoms with Crippen LogP contribution in [-0.2, 0) is 28.5 Å². The SMILES string of the molecule is [C-]#[N+]C(C#N)=C1Sc2c(OC(=O)c3ccc(OC(=O)c4ccc(OC(=O)OCCCCOC(=O)C=C)cc4)cc3)ccc(OC(=O)c3ccc(OC(=O)c4ccc(OC(=O)OCCCCOC(=O)C=C)cc4)cc3)c2S1. The van der Waals surface area contributed by atoms with Gasteiger partial charge in [-0.2, -0.15) is 0 Å². The number of fused-ring (bicyclic) bond motifs is 1. The number of carbonyl (C=O) groups excluding carboxylic acids is 8. The Balaban J connectivity index is 1.00. The van der Waals surface area contributed by atoms with Crippen LogP contribution < -0.4 is 28.4 Å². The molecule has 0 aromatic heterocycles. The molecule has 0 aliphatic carbocycles. The predicted octanol–water partition coefficient (Wildman–Crippen LogP) is 10.4. The Morgan fingerprint density at radius 1 is 0.461 bits per heavy atom. The molecule has 0 unspecified atom stereocenters. The minimum atomic E-state index is -0.964. The highest BCUT2D eigenvalue weighted by molar-refractivity contribution is 8.24. The number of ether oxygens (including phenoxy) is 10. The second kappa shape index (κ2) is 28.0. The summed E-state index contributed by atoms with van der Waals surface area (Å²) in [7, 11) is 0. The third-order valence-electron chi connectivity index (χ3n) is 9.77. The van der Waals surface area contributed by atoms with Gasteiger partial charge in [-0.05, 0) is 135 Å². The van der Waals surface area contributed by atoms with Crippen LogP contribution in [0.5, 0.6) is 34.5 Å². The van der Waals surface area contributed by atoms with Crippen molar-refractivity contribution in [1.82, 2.24) is 0 Å². The van der Waals surface area contributed by atoms with E-state index < -0.39 is 48.1 Å². The summed E-state index contributed by atoms with van der Waals surface area (Å²) in [4.78, 5) is 103. The maximum Gasteiger partial charge on any atom is 0.513 e. The van der Waals surface area contributed by atoms with E-state index in [0.717, 1.165) is 35.7 Å². The highest BCUT2D eigenvalue weighted by atomic mass is 32.2. The Hall–Kier alpha value is -9.64.